The van der Waals surface area contributed by atoms with Gasteiger partial charge in [0.1, 0.15) is 12.3 Å². The molecule has 144 valence electrons. The highest BCUT2D eigenvalue weighted by molar-refractivity contribution is 5.78. The maximum Gasteiger partial charge on any atom is 0.261 e. The van der Waals surface area contributed by atoms with Crippen LogP contribution in [0.15, 0.2) is 65.7 Å². The average Bonchev–Trinajstić information content (AvgIpc) is 3.16. The molecule has 1 amide bonds. The monoisotopic (exact) mass is 377 g/mol. The predicted octanol–water partition coefficient (Wildman–Crippen LogP) is 3.95. The van der Waals surface area contributed by atoms with Crippen molar-refractivity contribution in [1.29, 1.82) is 0 Å². The van der Waals surface area contributed by atoms with Crippen LogP contribution in [0, 0.1) is 13.8 Å². The number of rotatable bonds is 8. The van der Waals surface area contributed by atoms with E-state index >= 15 is 0 Å². The number of ether oxygens (including phenoxy) is 1. The van der Waals surface area contributed by atoms with E-state index in [4.69, 9.17) is 9.26 Å². The number of carbonyl (C=O) groups is 1. The van der Waals surface area contributed by atoms with Gasteiger partial charge < -0.3 is 14.2 Å². The van der Waals surface area contributed by atoms with E-state index in [0.29, 0.717) is 24.0 Å². The number of hydrogen-bond donors (Lipinski definition) is 0. The van der Waals surface area contributed by atoms with E-state index in [1.807, 2.05) is 62.4 Å². The number of hydrogen-bond acceptors (Lipinski definition) is 5. The predicted molar refractivity (Wildman–Crippen MR) is 107 cm³/mol. The topological polar surface area (TPSA) is 68.5 Å². The van der Waals surface area contributed by atoms with Crippen molar-refractivity contribution in [2.24, 2.45) is 0 Å². The van der Waals surface area contributed by atoms with Crippen LogP contribution in [0.3, 0.4) is 0 Å². The zero-order chi connectivity index (χ0) is 19.9. The Morgan fingerprint density at radius 3 is 2.71 bits per heavy atom. The molecule has 0 aliphatic carbocycles. The van der Waals surface area contributed by atoms with Crippen LogP contribution in [0.25, 0.3) is 11.4 Å². The van der Waals surface area contributed by atoms with Crippen LogP contribution in [0.5, 0.6) is 5.75 Å². The fraction of sp³-hybridized carbons (Fsp3) is 0.227. The normalized spacial score (nSPS) is 10.5. The number of aryl methyl sites for hydroxylation is 2. The first-order chi connectivity index (χ1) is 13.6. The van der Waals surface area contributed by atoms with Crippen LogP contribution in [0.1, 0.15) is 17.0 Å². The van der Waals surface area contributed by atoms with Crippen LogP contribution in [0.2, 0.25) is 0 Å². The summed E-state index contributed by atoms with van der Waals surface area (Å²) in [7, 11) is 0. The second kappa shape index (κ2) is 8.99. The van der Waals surface area contributed by atoms with E-state index in [0.717, 1.165) is 16.7 Å². The third kappa shape index (κ3) is 4.85. The summed E-state index contributed by atoms with van der Waals surface area (Å²) in [4.78, 5) is 18.6. The number of benzene rings is 2. The molecule has 3 rings (SSSR count). The van der Waals surface area contributed by atoms with Gasteiger partial charge in [0.2, 0.25) is 11.7 Å². The minimum Gasteiger partial charge on any atom is -0.483 e. The number of nitrogens with zero attached hydrogens (tertiary/aromatic N) is 3. The van der Waals surface area contributed by atoms with Gasteiger partial charge in [0.15, 0.2) is 6.61 Å². The van der Waals surface area contributed by atoms with Crippen molar-refractivity contribution in [2.45, 2.75) is 20.4 Å². The summed E-state index contributed by atoms with van der Waals surface area (Å²) < 4.78 is 11.0. The molecule has 6 heteroatoms. The third-order valence-corrected chi connectivity index (χ3v) is 4.21. The van der Waals surface area contributed by atoms with Crippen LogP contribution in [-0.4, -0.2) is 34.1 Å². The van der Waals surface area contributed by atoms with Gasteiger partial charge in [-0.05, 0) is 25.5 Å². The smallest absolute Gasteiger partial charge is 0.261 e. The van der Waals surface area contributed by atoms with Crippen molar-refractivity contribution in [1.82, 2.24) is 15.0 Å². The summed E-state index contributed by atoms with van der Waals surface area (Å²) in [6.07, 6.45) is 1.66. The van der Waals surface area contributed by atoms with Gasteiger partial charge in [-0.3, -0.25) is 4.79 Å². The lowest BCUT2D eigenvalue weighted by atomic mass is 10.1. The molecular weight excluding hydrogens is 354 g/mol. The molecule has 0 atom stereocenters. The summed E-state index contributed by atoms with van der Waals surface area (Å²) in [5.74, 6) is 1.37. The van der Waals surface area contributed by atoms with Crippen molar-refractivity contribution in [3.63, 3.8) is 0 Å². The molecule has 0 aliphatic heterocycles. The fourth-order valence-corrected chi connectivity index (χ4v) is 2.79. The second-order valence-corrected chi connectivity index (χ2v) is 6.50. The van der Waals surface area contributed by atoms with Crippen LogP contribution in [-0.2, 0) is 11.3 Å². The summed E-state index contributed by atoms with van der Waals surface area (Å²) in [6.45, 7) is 8.17. The largest absolute Gasteiger partial charge is 0.483 e. The molecule has 0 N–H and O–H groups in total. The lowest BCUT2D eigenvalue weighted by molar-refractivity contribution is -0.133. The minimum absolute atomic E-state index is 0.0720. The molecule has 0 unspecified atom stereocenters. The first-order valence-corrected chi connectivity index (χ1v) is 9.03. The van der Waals surface area contributed by atoms with E-state index in [9.17, 15) is 4.79 Å². The van der Waals surface area contributed by atoms with E-state index in [1.54, 1.807) is 11.0 Å². The molecule has 1 aromatic heterocycles. The highest BCUT2D eigenvalue weighted by Gasteiger charge is 2.18. The van der Waals surface area contributed by atoms with Crippen LogP contribution >= 0.6 is 0 Å². The van der Waals surface area contributed by atoms with Crippen LogP contribution in [0.4, 0.5) is 0 Å². The summed E-state index contributed by atoms with van der Waals surface area (Å²) in [6, 6.07) is 15.4. The lowest BCUT2D eigenvalue weighted by Crippen LogP contribution is -2.34. The standard InChI is InChI=1S/C22H23N3O3/c1-4-12-25(21(26)15-27-19-11-10-16(2)13-17(19)3)14-20-23-22(24-28-20)18-8-6-5-7-9-18/h4-11,13H,1,12,14-15H2,2-3H3. The van der Waals surface area contributed by atoms with E-state index < -0.39 is 0 Å². The second-order valence-electron chi connectivity index (χ2n) is 6.50. The van der Waals surface area contributed by atoms with Gasteiger partial charge in [0.25, 0.3) is 5.91 Å². The van der Waals surface area contributed by atoms with Crippen LogP contribution < -0.4 is 4.74 Å². The molecule has 2 aromatic carbocycles. The van der Waals surface area contributed by atoms with Gasteiger partial charge in [0, 0.05) is 12.1 Å². The highest BCUT2D eigenvalue weighted by Crippen LogP contribution is 2.19. The number of aromatic nitrogens is 2. The van der Waals surface area contributed by atoms with Gasteiger partial charge in [-0.25, -0.2) is 0 Å². The Hall–Kier alpha value is -3.41. The van der Waals surface area contributed by atoms with Crippen molar-refractivity contribution in [2.75, 3.05) is 13.2 Å². The van der Waals surface area contributed by atoms with Gasteiger partial charge in [-0.1, -0.05) is 59.3 Å². The minimum atomic E-state index is -0.181. The molecule has 0 aliphatic rings. The molecule has 0 radical (unpaired) electrons. The molecule has 28 heavy (non-hydrogen) atoms. The lowest BCUT2D eigenvalue weighted by Gasteiger charge is -2.19. The summed E-state index contributed by atoms with van der Waals surface area (Å²) in [5, 5.41) is 3.99. The Bertz CT molecular complexity index is 951. The summed E-state index contributed by atoms with van der Waals surface area (Å²) in [5.41, 5.74) is 3.00. The van der Waals surface area contributed by atoms with Gasteiger partial charge in [0.05, 0.1) is 0 Å². The molecule has 0 fully saturated rings. The molecule has 0 bridgehead atoms. The molecule has 1 heterocycles. The molecule has 0 saturated heterocycles. The third-order valence-electron chi connectivity index (χ3n) is 4.21. The first kappa shape index (κ1) is 19.4. The Balaban J connectivity index is 1.65. The maximum atomic E-state index is 12.6. The SMILES string of the molecule is C=CCN(Cc1nc(-c2ccccc2)no1)C(=O)COc1ccc(C)cc1C. The first-order valence-electron chi connectivity index (χ1n) is 9.03. The zero-order valence-corrected chi connectivity index (χ0v) is 16.1. The fourth-order valence-electron chi connectivity index (χ4n) is 2.79. The Morgan fingerprint density at radius 1 is 1.21 bits per heavy atom. The molecule has 0 spiro atoms. The molecule has 3 aromatic rings. The molecular formula is C22H23N3O3. The Morgan fingerprint density at radius 2 is 2.00 bits per heavy atom. The quantitative estimate of drug-likeness (QED) is 0.556. The molecule has 0 saturated carbocycles. The highest BCUT2D eigenvalue weighted by atomic mass is 16.5. The Labute approximate surface area is 164 Å². The van der Waals surface area contributed by atoms with Crippen molar-refractivity contribution >= 4 is 5.91 Å². The van der Waals surface area contributed by atoms with Crippen molar-refractivity contribution in [3.05, 3.63) is 78.2 Å². The van der Waals surface area contributed by atoms with Gasteiger partial charge in [-0.2, -0.15) is 4.98 Å². The van der Waals surface area contributed by atoms with E-state index in [2.05, 4.69) is 16.7 Å². The maximum absolute atomic E-state index is 12.6. The van der Waals surface area contributed by atoms with Gasteiger partial charge >= 0.3 is 0 Å². The van der Waals surface area contributed by atoms with Crippen molar-refractivity contribution in [3.8, 4) is 17.1 Å². The van der Waals surface area contributed by atoms with Gasteiger partial charge in [-0.15, -0.1) is 6.58 Å². The van der Waals surface area contributed by atoms with Crippen molar-refractivity contribution < 1.29 is 14.1 Å². The average molecular weight is 377 g/mol. The number of carbonyl (C=O) groups excluding carboxylic acids is 1. The number of amides is 1. The van der Waals surface area contributed by atoms with E-state index in [-0.39, 0.29) is 19.1 Å². The zero-order valence-electron chi connectivity index (χ0n) is 16.1. The summed E-state index contributed by atoms with van der Waals surface area (Å²) >= 11 is 0. The Kier molecular flexibility index (Phi) is 6.22. The molecule has 6 nitrogen and oxygen atoms in total. The van der Waals surface area contributed by atoms with E-state index in [1.165, 1.54) is 0 Å².